The first-order chi connectivity index (χ1) is 23.3. The Kier molecular flexibility index (Phi) is 9.18. The van der Waals surface area contributed by atoms with Gasteiger partial charge in [0.05, 0.1) is 17.4 Å². The molecule has 0 aromatic heterocycles. The van der Waals surface area contributed by atoms with Gasteiger partial charge in [-0.15, -0.1) is 0 Å². The number of aliphatic hydroxyl groups excluding tert-OH is 1. The Bertz CT molecular complexity index is 1640. The lowest BCUT2D eigenvalue weighted by molar-refractivity contribution is -0.989. The molecule has 1 spiro atoms. The van der Waals surface area contributed by atoms with Gasteiger partial charge in [-0.25, -0.2) is 10.0 Å². The van der Waals surface area contributed by atoms with Gasteiger partial charge < -0.3 is 14.6 Å². The SMILES string of the molecule is C=CC[N+]1(NC(=O)C(CCc2ccccc2)C(O)CCCc2ccccc2)CC[C@]23c4c5ccc(OC(C)=O)c4O[C@H]2CCC[C@H]3[C@H]1C5. The maximum absolute atomic E-state index is 14.6. The van der Waals surface area contributed by atoms with Crippen LogP contribution in [0.25, 0.3) is 0 Å². The van der Waals surface area contributed by atoms with E-state index in [1.807, 2.05) is 48.5 Å². The molecule has 252 valence electrons. The van der Waals surface area contributed by atoms with E-state index in [2.05, 4.69) is 42.3 Å². The summed E-state index contributed by atoms with van der Waals surface area (Å²) in [5.41, 5.74) is 8.33. The van der Waals surface area contributed by atoms with Crippen molar-refractivity contribution in [3.63, 3.8) is 0 Å². The van der Waals surface area contributed by atoms with Crippen LogP contribution in [0.15, 0.2) is 85.5 Å². The zero-order valence-electron chi connectivity index (χ0n) is 28.1. The van der Waals surface area contributed by atoms with Gasteiger partial charge in [0.1, 0.15) is 25.2 Å². The molecule has 7 rings (SSSR count). The minimum Gasteiger partial charge on any atom is -0.485 e. The zero-order valence-corrected chi connectivity index (χ0v) is 28.1. The van der Waals surface area contributed by atoms with E-state index in [0.717, 1.165) is 63.7 Å². The molecule has 2 bridgehead atoms. The third-order valence-electron chi connectivity index (χ3n) is 11.8. The second kappa shape index (κ2) is 13.5. The molecule has 7 atom stereocenters. The number of aliphatic hydroxyl groups is 1. The van der Waals surface area contributed by atoms with Crippen molar-refractivity contribution < 1.29 is 28.8 Å². The molecule has 3 aromatic rings. The smallest absolute Gasteiger partial charge is 0.308 e. The Hall–Kier alpha value is -3.94. The molecule has 1 saturated carbocycles. The van der Waals surface area contributed by atoms with Gasteiger partial charge in [-0.2, -0.15) is 0 Å². The summed E-state index contributed by atoms with van der Waals surface area (Å²) in [6.45, 7) is 6.97. The molecule has 2 N–H and O–H groups in total. The number of carbonyl (C=O) groups is 2. The molecule has 3 aromatic carbocycles. The van der Waals surface area contributed by atoms with E-state index in [1.54, 1.807) is 0 Å². The maximum atomic E-state index is 14.6. The number of hydrogen-bond acceptors (Lipinski definition) is 5. The number of nitrogens with zero attached hydrogens (tertiary/aromatic N) is 1. The number of aryl methyl sites for hydroxylation is 2. The van der Waals surface area contributed by atoms with Crippen molar-refractivity contribution in [2.75, 3.05) is 13.1 Å². The maximum Gasteiger partial charge on any atom is 0.308 e. The van der Waals surface area contributed by atoms with Gasteiger partial charge in [0.2, 0.25) is 0 Å². The first-order valence-corrected chi connectivity index (χ1v) is 17.9. The Balaban J connectivity index is 1.17. The standard InChI is InChI=1S/C41H48N2O5/c1-3-25-43(42-40(46)32(22-20-30-14-8-5-9-15-30)35(45)18-10-16-29-12-6-4-7-13-29)26-24-41-33-17-11-19-37(41)48-39-36(47-28(2)44)23-21-31(38(39)41)27-34(33)43/h3-9,12-15,21,23,32-35,37,45H,1,10-11,16-20,22,24-27H2,2H3/p+1/t32?,33-,34+,35?,37-,41+,43?/m0/s1. The lowest BCUT2D eigenvalue weighted by Gasteiger charge is -2.60. The van der Waals surface area contributed by atoms with E-state index in [-0.39, 0.29) is 29.4 Å². The molecular weight excluding hydrogens is 600 g/mol. The van der Waals surface area contributed by atoms with E-state index in [1.165, 1.54) is 29.2 Å². The molecule has 1 amide bonds. The fourth-order valence-electron chi connectivity index (χ4n) is 9.78. The van der Waals surface area contributed by atoms with Gasteiger partial charge in [-0.1, -0.05) is 73.3 Å². The van der Waals surface area contributed by atoms with E-state index in [0.29, 0.717) is 35.6 Å². The van der Waals surface area contributed by atoms with Crippen molar-refractivity contribution >= 4 is 11.9 Å². The minimum absolute atomic E-state index is 0.0381. The molecule has 2 aliphatic heterocycles. The monoisotopic (exact) mass is 649 g/mol. The largest absolute Gasteiger partial charge is 0.485 e. The van der Waals surface area contributed by atoms with Crippen molar-refractivity contribution in [2.45, 2.75) is 94.8 Å². The fourth-order valence-corrected chi connectivity index (χ4v) is 9.78. The van der Waals surface area contributed by atoms with Crippen molar-refractivity contribution in [2.24, 2.45) is 11.8 Å². The Morgan fingerprint density at radius 1 is 1.04 bits per heavy atom. The van der Waals surface area contributed by atoms with Gasteiger partial charge in [-0.3, -0.25) is 9.59 Å². The van der Waals surface area contributed by atoms with Crippen LogP contribution in [0.2, 0.25) is 0 Å². The van der Waals surface area contributed by atoms with Crippen molar-refractivity contribution in [1.82, 2.24) is 5.43 Å². The number of amides is 1. The van der Waals surface area contributed by atoms with Crippen LogP contribution in [0.3, 0.4) is 0 Å². The highest BCUT2D eigenvalue weighted by Gasteiger charge is 2.68. The van der Waals surface area contributed by atoms with E-state index < -0.39 is 12.0 Å². The third kappa shape index (κ3) is 5.85. The summed E-state index contributed by atoms with van der Waals surface area (Å²) in [5, 5.41) is 11.7. The normalized spacial score (nSPS) is 27.6. The van der Waals surface area contributed by atoms with Crippen LogP contribution >= 0.6 is 0 Å². The average molecular weight is 650 g/mol. The third-order valence-corrected chi connectivity index (χ3v) is 11.8. The molecule has 7 nitrogen and oxygen atoms in total. The number of piperidine rings is 1. The molecule has 1 saturated heterocycles. The summed E-state index contributed by atoms with van der Waals surface area (Å²) in [7, 11) is 0. The summed E-state index contributed by atoms with van der Waals surface area (Å²) >= 11 is 0. The fraction of sp³-hybridized carbons (Fsp3) is 0.463. The van der Waals surface area contributed by atoms with E-state index in [9.17, 15) is 14.7 Å². The van der Waals surface area contributed by atoms with Crippen LogP contribution in [-0.2, 0) is 34.3 Å². The van der Waals surface area contributed by atoms with Gasteiger partial charge in [0.25, 0.3) is 5.91 Å². The number of rotatable bonds is 13. The van der Waals surface area contributed by atoms with Gasteiger partial charge in [0.15, 0.2) is 11.5 Å². The topological polar surface area (TPSA) is 84.9 Å². The number of quaternary nitrogens is 1. The van der Waals surface area contributed by atoms with Crippen molar-refractivity contribution in [3.05, 3.63) is 108 Å². The highest BCUT2D eigenvalue weighted by Crippen LogP contribution is 2.64. The summed E-state index contributed by atoms with van der Waals surface area (Å²) in [6, 6.07) is 24.7. The first-order valence-electron chi connectivity index (χ1n) is 17.9. The number of ether oxygens (including phenoxy) is 2. The van der Waals surface area contributed by atoms with Crippen LogP contribution in [0, 0.1) is 11.8 Å². The number of carbonyl (C=O) groups excluding carboxylic acids is 2. The van der Waals surface area contributed by atoms with E-state index in [4.69, 9.17) is 9.47 Å². The molecular formula is C41H49N2O5+. The second-order valence-electron chi connectivity index (χ2n) is 14.5. The zero-order chi connectivity index (χ0) is 33.3. The Labute approximate surface area is 284 Å². The van der Waals surface area contributed by atoms with Gasteiger partial charge in [0, 0.05) is 31.2 Å². The predicted octanol–water partition coefficient (Wildman–Crippen LogP) is 6.41. The molecule has 3 unspecified atom stereocenters. The van der Waals surface area contributed by atoms with Crippen LogP contribution in [0.4, 0.5) is 0 Å². The van der Waals surface area contributed by atoms with E-state index >= 15 is 0 Å². The van der Waals surface area contributed by atoms with Crippen LogP contribution < -0.4 is 14.9 Å². The summed E-state index contributed by atoms with van der Waals surface area (Å²) in [5.74, 6) is 0.651. The molecule has 0 radical (unpaired) electrons. The summed E-state index contributed by atoms with van der Waals surface area (Å²) in [4.78, 5) is 26.5. The molecule has 4 aliphatic rings. The van der Waals surface area contributed by atoms with Gasteiger partial charge in [-0.05, 0) is 80.2 Å². The number of benzene rings is 3. The quantitative estimate of drug-likeness (QED) is 0.0969. The van der Waals surface area contributed by atoms with Crippen LogP contribution in [-0.4, -0.2) is 52.9 Å². The van der Waals surface area contributed by atoms with Gasteiger partial charge >= 0.3 is 5.97 Å². The molecule has 7 heteroatoms. The lowest BCUT2D eigenvalue weighted by Crippen LogP contribution is -2.77. The predicted molar refractivity (Wildman–Crippen MR) is 185 cm³/mol. The number of nitrogens with one attached hydrogen (secondary N) is 1. The molecule has 2 aliphatic carbocycles. The summed E-state index contributed by atoms with van der Waals surface area (Å²) in [6.07, 6.45) is 9.57. The highest BCUT2D eigenvalue weighted by atomic mass is 16.6. The lowest BCUT2D eigenvalue weighted by atomic mass is 9.51. The highest BCUT2D eigenvalue weighted by molar-refractivity contribution is 5.78. The van der Waals surface area contributed by atoms with Crippen LogP contribution in [0.1, 0.15) is 74.1 Å². The summed E-state index contributed by atoms with van der Waals surface area (Å²) < 4.78 is 12.8. The Morgan fingerprint density at radius 3 is 2.48 bits per heavy atom. The average Bonchev–Trinajstić information content (AvgIpc) is 3.43. The molecule has 48 heavy (non-hydrogen) atoms. The Morgan fingerprint density at radius 2 is 1.77 bits per heavy atom. The molecule has 2 fully saturated rings. The number of likely N-dealkylation sites (tertiary alicyclic amines) is 1. The number of esters is 1. The minimum atomic E-state index is -0.742. The molecule has 2 heterocycles. The first kappa shape index (κ1) is 32.6. The second-order valence-corrected chi connectivity index (χ2v) is 14.5. The van der Waals surface area contributed by atoms with Crippen molar-refractivity contribution in [3.8, 4) is 11.5 Å². The number of hydrogen-bond donors (Lipinski definition) is 2. The van der Waals surface area contributed by atoms with Crippen molar-refractivity contribution in [1.29, 1.82) is 0 Å². The van der Waals surface area contributed by atoms with Crippen LogP contribution in [0.5, 0.6) is 11.5 Å².